The summed E-state index contributed by atoms with van der Waals surface area (Å²) < 4.78 is 0. The Morgan fingerprint density at radius 3 is 1.74 bits per heavy atom. The van der Waals surface area contributed by atoms with Gasteiger partial charge in [0, 0.05) is 13.8 Å². The van der Waals surface area contributed by atoms with E-state index >= 15 is 0 Å². The number of hydrogen-bond acceptors (Lipinski definition) is 3. The van der Waals surface area contributed by atoms with Crippen molar-refractivity contribution in [2.75, 3.05) is 0 Å². The van der Waals surface area contributed by atoms with Gasteiger partial charge in [0.05, 0.1) is 12.1 Å². The molecule has 1 fully saturated rings. The van der Waals surface area contributed by atoms with E-state index in [4.69, 9.17) is 0 Å². The molecule has 4 amide bonds. The topological polar surface area (TPSA) is 57.7 Å². The van der Waals surface area contributed by atoms with Crippen molar-refractivity contribution in [3.05, 3.63) is 0 Å². The van der Waals surface area contributed by atoms with Crippen LogP contribution in [0.25, 0.3) is 0 Å². The summed E-state index contributed by atoms with van der Waals surface area (Å²) in [4.78, 5) is 38.4. The molecule has 0 aromatic carbocycles. The molecule has 1 heterocycles. The highest BCUT2D eigenvalue weighted by molar-refractivity contribution is 6.03. The number of imide groups is 2. The van der Waals surface area contributed by atoms with Crippen molar-refractivity contribution >= 4 is 17.8 Å². The van der Waals surface area contributed by atoms with Gasteiger partial charge < -0.3 is 0 Å². The normalized spacial score (nSPS) is 24.3. The zero-order chi connectivity index (χ0) is 15.1. The third-order valence-electron chi connectivity index (χ3n) is 3.56. The first-order chi connectivity index (χ1) is 8.50. The molecule has 0 aromatic heterocycles. The van der Waals surface area contributed by atoms with Crippen LogP contribution in [0.2, 0.25) is 0 Å². The Labute approximate surface area is 114 Å². The maximum absolute atomic E-state index is 12.4. The van der Waals surface area contributed by atoms with Gasteiger partial charge in [-0.1, -0.05) is 34.6 Å². The van der Waals surface area contributed by atoms with Crippen LogP contribution in [0.5, 0.6) is 0 Å². The maximum atomic E-state index is 12.4. The zero-order valence-electron chi connectivity index (χ0n) is 12.9. The quantitative estimate of drug-likeness (QED) is 0.733. The van der Waals surface area contributed by atoms with Gasteiger partial charge in [-0.3, -0.25) is 19.4 Å². The zero-order valence-corrected chi connectivity index (χ0v) is 12.9. The molecular formula is C14H24N2O3. The molecule has 2 unspecified atom stereocenters. The molecule has 0 N–H and O–H groups in total. The standard InChI is InChI=1S/C14H24N2O3/c1-8(2)11-12(14(5,6)7)16(10(4)18)13(19)15(11)9(3)17/h8,11-12H,1-7H3. The summed E-state index contributed by atoms with van der Waals surface area (Å²) in [5.41, 5.74) is -0.277. The predicted octanol–water partition coefficient (Wildman–Crippen LogP) is 2.26. The molecule has 0 radical (unpaired) electrons. The molecule has 0 bridgehead atoms. The third kappa shape index (κ3) is 2.65. The van der Waals surface area contributed by atoms with Gasteiger partial charge in [-0.25, -0.2) is 4.79 Å². The first kappa shape index (κ1) is 15.7. The van der Waals surface area contributed by atoms with Gasteiger partial charge in [0.2, 0.25) is 11.8 Å². The summed E-state index contributed by atoms with van der Waals surface area (Å²) in [5.74, 6) is -0.512. The summed E-state index contributed by atoms with van der Waals surface area (Å²) in [6, 6.07) is -1.05. The van der Waals surface area contributed by atoms with Crippen LogP contribution in [0.1, 0.15) is 48.5 Å². The average molecular weight is 268 g/mol. The summed E-state index contributed by atoms with van der Waals surface area (Å²) in [7, 11) is 0. The van der Waals surface area contributed by atoms with Gasteiger partial charge in [-0.05, 0) is 11.3 Å². The van der Waals surface area contributed by atoms with Gasteiger partial charge >= 0.3 is 6.03 Å². The predicted molar refractivity (Wildman–Crippen MR) is 72.3 cm³/mol. The van der Waals surface area contributed by atoms with Crippen LogP contribution in [0.4, 0.5) is 4.79 Å². The molecule has 0 saturated carbocycles. The minimum Gasteiger partial charge on any atom is -0.275 e. The molecule has 1 rings (SSSR count). The fourth-order valence-electron chi connectivity index (χ4n) is 2.89. The van der Waals surface area contributed by atoms with Crippen LogP contribution in [-0.4, -0.2) is 39.7 Å². The van der Waals surface area contributed by atoms with Gasteiger partial charge in [0.1, 0.15) is 0 Å². The second-order valence-corrected chi connectivity index (χ2v) is 6.61. The Morgan fingerprint density at radius 1 is 1.05 bits per heavy atom. The smallest absolute Gasteiger partial charge is 0.275 e. The van der Waals surface area contributed by atoms with E-state index in [9.17, 15) is 14.4 Å². The molecule has 5 nitrogen and oxygen atoms in total. The van der Waals surface area contributed by atoms with E-state index in [1.165, 1.54) is 23.6 Å². The second-order valence-electron chi connectivity index (χ2n) is 6.61. The van der Waals surface area contributed by atoms with Gasteiger partial charge in [-0.2, -0.15) is 0 Å². The Kier molecular flexibility index (Phi) is 4.08. The van der Waals surface area contributed by atoms with Crippen molar-refractivity contribution in [2.24, 2.45) is 11.3 Å². The molecule has 1 aliphatic heterocycles. The highest BCUT2D eigenvalue weighted by Gasteiger charge is 2.54. The lowest BCUT2D eigenvalue weighted by atomic mass is 9.78. The van der Waals surface area contributed by atoms with Crippen LogP contribution in [-0.2, 0) is 9.59 Å². The summed E-state index contributed by atoms with van der Waals surface area (Å²) in [5, 5.41) is 0. The lowest BCUT2D eigenvalue weighted by molar-refractivity contribution is -0.129. The molecule has 0 spiro atoms. The Hall–Kier alpha value is -1.39. The van der Waals surface area contributed by atoms with E-state index in [-0.39, 0.29) is 35.2 Å². The van der Waals surface area contributed by atoms with Crippen LogP contribution in [0.3, 0.4) is 0 Å². The molecule has 1 aliphatic rings. The van der Waals surface area contributed by atoms with E-state index in [1.807, 2.05) is 34.6 Å². The SMILES string of the molecule is CC(=O)N1C(=O)N(C(C)=O)C(C(C)(C)C)C1C(C)C. The van der Waals surface area contributed by atoms with Crippen molar-refractivity contribution < 1.29 is 14.4 Å². The average Bonchev–Trinajstić information content (AvgIpc) is 2.50. The number of rotatable bonds is 1. The Morgan fingerprint density at radius 2 is 1.47 bits per heavy atom. The lowest BCUT2D eigenvalue weighted by Crippen LogP contribution is -2.50. The molecule has 0 aromatic rings. The number of nitrogens with zero attached hydrogens (tertiary/aromatic N) is 2. The number of hydrogen-bond donors (Lipinski definition) is 0. The van der Waals surface area contributed by atoms with Gasteiger partial charge in [0.25, 0.3) is 0 Å². The Bertz CT molecular complexity index is 409. The van der Waals surface area contributed by atoms with Crippen molar-refractivity contribution in [1.29, 1.82) is 0 Å². The van der Waals surface area contributed by atoms with E-state index in [0.29, 0.717) is 0 Å². The van der Waals surface area contributed by atoms with Crippen LogP contribution in [0, 0.1) is 11.3 Å². The highest BCUT2D eigenvalue weighted by atomic mass is 16.2. The molecular weight excluding hydrogens is 244 g/mol. The minimum atomic E-state index is -0.487. The molecule has 5 heteroatoms. The van der Waals surface area contributed by atoms with Gasteiger partial charge in [0.15, 0.2) is 0 Å². The number of amides is 4. The molecule has 2 atom stereocenters. The summed E-state index contributed by atoms with van der Waals surface area (Å²) in [6.45, 7) is 12.6. The first-order valence-corrected chi connectivity index (χ1v) is 6.63. The fourth-order valence-corrected chi connectivity index (χ4v) is 2.89. The van der Waals surface area contributed by atoms with Crippen LogP contribution in [0.15, 0.2) is 0 Å². The van der Waals surface area contributed by atoms with E-state index in [0.717, 1.165) is 0 Å². The monoisotopic (exact) mass is 268 g/mol. The second kappa shape index (κ2) is 4.94. The maximum Gasteiger partial charge on any atom is 0.334 e. The minimum absolute atomic E-state index is 0.0985. The molecule has 0 aliphatic carbocycles. The molecule has 1 saturated heterocycles. The van der Waals surface area contributed by atoms with E-state index < -0.39 is 6.03 Å². The highest BCUT2D eigenvalue weighted by Crippen LogP contribution is 2.38. The van der Waals surface area contributed by atoms with E-state index in [2.05, 4.69) is 0 Å². The van der Waals surface area contributed by atoms with Crippen molar-refractivity contribution in [3.63, 3.8) is 0 Å². The van der Waals surface area contributed by atoms with Crippen molar-refractivity contribution in [2.45, 2.75) is 60.5 Å². The van der Waals surface area contributed by atoms with Crippen molar-refractivity contribution in [3.8, 4) is 0 Å². The third-order valence-corrected chi connectivity index (χ3v) is 3.56. The number of carbonyl (C=O) groups is 3. The van der Waals surface area contributed by atoms with Crippen LogP contribution >= 0.6 is 0 Å². The largest absolute Gasteiger partial charge is 0.334 e. The molecule has 19 heavy (non-hydrogen) atoms. The Balaban J connectivity index is 3.39. The summed E-state index contributed by atoms with van der Waals surface area (Å²) in [6.07, 6.45) is 0. The molecule has 108 valence electrons. The van der Waals surface area contributed by atoms with Crippen LogP contribution < -0.4 is 0 Å². The fraction of sp³-hybridized carbons (Fsp3) is 0.786. The number of urea groups is 1. The van der Waals surface area contributed by atoms with Gasteiger partial charge in [-0.15, -0.1) is 0 Å². The van der Waals surface area contributed by atoms with E-state index in [1.54, 1.807) is 0 Å². The van der Waals surface area contributed by atoms with Crippen molar-refractivity contribution in [1.82, 2.24) is 9.80 Å². The summed E-state index contributed by atoms with van der Waals surface area (Å²) >= 11 is 0. The first-order valence-electron chi connectivity index (χ1n) is 6.63. The lowest BCUT2D eigenvalue weighted by Gasteiger charge is -2.37. The number of carbonyl (C=O) groups excluding carboxylic acids is 3.